The molecule has 4 rings (SSSR count). The highest BCUT2D eigenvalue weighted by Crippen LogP contribution is 2.23. The summed E-state index contributed by atoms with van der Waals surface area (Å²) in [6.07, 6.45) is 6.26. The Morgan fingerprint density at radius 3 is 2.44 bits per heavy atom. The van der Waals surface area contributed by atoms with Crippen molar-refractivity contribution >= 4 is 5.82 Å². The van der Waals surface area contributed by atoms with Gasteiger partial charge in [-0.15, -0.1) is 10.2 Å². The van der Waals surface area contributed by atoms with E-state index in [4.69, 9.17) is 4.74 Å². The third-order valence-electron chi connectivity index (χ3n) is 5.78. The van der Waals surface area contributed by atoms with Crippen LogP contribution >= 0.6 is 0 Å². The Labute approximate surface area is 162 Å². The third-order valence-corrected chi connectivity index (χ3v) is 5.78. The lowest BCUT2D eigenvalue weighted by Crippen LogP contribution is -2.28. The van der Waals surface area contributed by atoms with E-state index in [2.05, 4.69) is 51.2 Å². The highest BCUT2D eigenvalue weighted by Gasteiger charge is 2.19. The van der Waals surface area contributed by atoms with E-state index in [-0.39, 0.29) is 0 Å². The molecule has 0 saturated carbocycles. The van der Waals surface area contributed by atoms with E-state index in [0.29, 0.717) is 0 Å². The summed E-state index contributed by atoms with van der Waals surface area (Å²) in [5, 5.41) is 8.82. The smallest absolute Gasteiger partial charge is 0.151 e. The summed E-state index contributed by atoms with van der Waals surface area (Å²) in [6, 6.07) is 13.1. The van der Waals surface area contributed by atoms with E-state index in [1.54, 1.807) is 0 Å². The average molecular weight is 367 g/mol. The van der Waals surface area contributed by atoms with Crippen molar-refractivity contribution in [3.63, 3.8) is 0 Å². The normalized spacial score (nSPS) is 20.3. The van der Waals surface area contributed by atoms with Gasteiger partial charge in [-0.2, -0.15) is 0 Å². The third kappa shape index (κ3) is 4.59. The van der Waals surface area contributed by atoms with Gasteiger partial charge in [-0.25, -0.2) is 0 Å². The average Bonchev–Trinajstić information content (AvgIpc) is 3.38. The van der Waals surface area contributed by atoms with Gasteiger partial charge in [0.2, 0.25) is 0 Å². The molecule has 2 aromatic rings. The minimum Gasteiger partial charge on any atom is -0.494 e. The van der Waals surface area contributed by atoms with Gasteiger partial charge in [-0.1, -0.05) is 0 Å². The van der Waals surface area contributed by atoms with Gasteiger partial charge in [0, 0.05) is 31.2 Å². The molecule has 5 nitrogen and oxygen atoms in total. The summed E-state index contributed by atoms with van der Waals surface area (Å²) in [4.78, 5) is 4.87. The van der Waals surface area contributed by atoms with E-state index in [1.165, 1.54) is 32.2 Å². The molecule has 0 aliphatic carbocycles. The zero-order chi connectivity index (χ0) is 18.5. The molecule has 0 radical (unpaired) electrons. The van der Waals surface area contributed by atoms with Crippen LogP contribution in [0.5, 0.6) is 5.75 Å². The zero-order valence-electron chi connectivity index (χ0n) is 16.3. The largest absolute Gasteiger partial charge is 0.494 e. The predicted molar refractivity (Wildman–Crippen MR) is 109 cm³/mol. The lowest BCUT2D eigenvalue weighted by molar-refractivity contribution is 0.230. The quantitative estimate of drug-likeness (QED) is 0.693. The van der Waals surface area contributed by atoms with Crippen LogP contribution in [-0.4, -0.2) is 53.9 Å². The first-order valence-corrected chi connectivity index (χ1v) is 10.4. The van der Waals surface area contributed by atoms with Crippen LogP contribution in [0.25, 0.3) is 11.3 Å². The molecule has 0 unspecified atom stereocenters. The summed E-state index contributed by atoms with van der Waals surface area (Å²) >= 11 is 0. The van der Waals surface area contributed by atoms with Gasteiger partial charge >= 0.3 is 0 Å². The number of anilines is 1. The van der Waals surface area contributed by atoms with Crippen molar-refractivity contribution in [3.8, 4) is 17.0 Å². The molecule has 0 N–H and O–H groups in total. The van der Waals surface area contributed by atoms with E-state index in [0.717, 1.165) is 61.5 Å². The second-order valence-corrected chi connectivity index (χ2v) is 7.72. The second-order valence-electron chi connectivity index (χ2n) is 7.72. The molecule has 1 aromatic carbocycles. The summed E-state index contributed by atoms with van der Waals surface area (Å²) in [6.45, 7) is 7.67. The summed E-state index contributed by atoms with van der Waals surface area (Å²) in [5.41, 5.74) is 1.99. The van der Waals surface area contributed by atoms with E-state index in [9.17, 15) is 0 Å². The fourth-order valence-corrected chi connectivity index (χ4v) is 4.10. The van der Waals surface area contributed by atoms with Crippen LogP contribution in [-0.2, 0) is 0 Å². The van der Waals surface area contributed by atoms with Crippen molar-refractivity contribution in [1.29, 1.82) is 0 Å². The van der Waals surface area contributed by atoms with Gasteiger partial charge in [0.05, 0.1) is 12.3 Å². The van der Waals surface area contributed by atoms with E-state index in [1.807, 2.05) is 12.1 Å². The standard InChI is InChI=1S/C22H30N4O/c1-18-6-4-15-25(18)16-5-17-27-20-9-7-19(8-10-20)21-11-12-22(24-23-21)26-13-2-3-14-26/h7-12,18H,2-6,13-17H2,1H3/t18-/m1/s1. The fourth-order valence-electron chi connectivity index (χ4n) is 4.10. The molecule has 144 valence electrons. The van der Waals surface area contributed by atoms with Gasteiger partial charge in [0.25, 0.3) is 0 Å². The number of hydrogen-bond acceptors (Lipinski definition) is 5. The molecule has 0 amide bonds. The minimum atomic E-state index is 0.738. The molecule has 3 heterocycles. The number of hydrogen-bond donors (Lipinski definition) is 0. The second kappa shape index (κ2) is 8.70. The Kier molecular flexibility index (Phi) is 5.87. The highest BCUT2D eigenvalue weighted by molar-refractivity contribution is 5.60. The van der Waals surface area contributed by atoms with Crippen LogP contribution < -0.4 is 9.64 Å². The van der Waals surface area contributed by atoms with Crippen LogP contribution in [0, 0.1) is 0 Å². The predicted octanol–water partition coefficient (Wildman–Crippen LogP) is 4.00. The van der Waals surface area contributed by atoms with Crippen LogP contribution in [0.2, 0.25) is 0 Å². The van der Waals surface area contributed by atoms with Crippen molar-refractivity contribution < 1.29 is 4.74 Å². The molecule has 2 aliphatic rings. The van der Waals surface area contributed by atoms with Crippen LogP contribution in [0.1, 0.15) is 39.0 Å². The first-order valence-electron chi connectivity index (χ1n) is 10.4. The van der Waals surface area contributed by atoms with Crippen LogP contribution in [0.15, 0.2) is 36.4 Å². The molecule has 0 bridgehead atoms. The van der Waals surface area contributed by atoms with Crippen molar-refractivity contribution in [3.05, 3.63) is 36.4 Å². The zero-order valence-corrected chi connectivity index (χ0v) is 16.3. The van der Waals surface area contributed by atoms with Crippen molar-refractivity contribution in [1.82, 2.24) is 15.1 Å². The van der Waals surface area contributed by atoms with Gasteiger partial charge in [0.15, 0.2) is 5.82 Å². The number of aromatic nitrogens is 2. The van der Waals surface area contributed by atoms with Gasteiger partial charge in [0.1, 0.15) is 5.75 Å². The van der Waals surface area contributed by atoms with Crippen molar-refractivity contribution in [2.45, 2.75) is 45.1 Å². The number of nitrogens with zero attached hydrogens (tertiary/aromatic N) is 4. The molecule has 0 spiro atoms. The maximum Gasteiger partial charge on any atom is 0.151 e. The maximum atomic E-state index is 5.91. The number of likely N-dealkylation sites (tertiary alicyclic amines) is 1. The van der Waals surface area contributed by atoms with Gasteiger partial charge < -0.3 is 14.5 Å². The Balaban J connectivity index is 1.27. The molecule has 2 saturated heterocycles. The summed E-state index contributed by atoms with van der Waals surface area (Å²) < 4.78 is 5.91. The Hall–Kier alpha value is -2.14. The summed E-state index contributed by atoms with van der Waals surface area (Å²) in [5.74, 6) is 1.92. The Bertz CT molecular complexity index is 710. The lowest BCUT2D eigenvalue weighted by Gasteiger charge is -2.20. The highest BCUT2D eigenvalue weighted by atomic mass is 16.5. The number of rotatable bonds is 7. The molecular weight excluding hydrogens is 336 g/mol. The molecule has 1 aromatic heterocycles. The first-order chi connectivity index (χ1) is 13.3. The Morgan fingerprint density at radius 1 is 0.963 bits per heavy atom. The lowest BCUT2D eigenvalue weighted by atomic mass is 10.1. The number of ether oxygens (including phenoxy) is 1. The van der Waals surface area contributed by atoms with Gasteiger partial charge in [-0.05, 0) is 82.0 Å². The molecule has 1 atom stereocenters. The minimum absolute atomic E-state index is 0.738. The molecule has 5 heteroatoms. The number of benzene rings is 1. The molecular formula is C22H30N4O. The van der Waals surface area contributed by atoms with Crippen LogP contribution in [0.4, 0.5) is 5.82 Å². The summed E-state index contributed by atoms with van der Waals surface area (Å²) in [7, 11) is 0. The SMILES string of the molecule is C[C@@H]1CCCN1CCCOc1ccc(-c2ccc(N3CCCC3)nn2)cc1. The molecule has 27 heavy (non-hydrogen) atoms. The monoisotopic (exact) mass is 366 g/mol. The molecule has 2 fully saturated rings. The van der Waals surface area contributed by atoms with Gasteiger partial charge in [-0.3, -0.25) is 0 Å². The fraction of sp³-hybridized carbons (Fsp3) is 0.545. The van der Waals surface area contributed by atoms with Crippen molar-refractivity contribution in [2.75, 3.05) is 37.7 Å². The van der Waals surface area contributed by atoms with E-state index >= 15 is 0 Å². The van der Waals surface area contributed by atoms with Crippen molar-refractivity contribution in [2.24, 2.45) is 0 Å². The first kappa shape index (κ1) is 18.2. The topological polar surface area (TPSA) is 41.5 Å². The Morgan fingerprint density at radius 2 is 1.78 bits per heavy atom. The maximum absolute atomic E-state index is 5.91. The van der Waals surface area contributed by atoms with E-state index < -0.39 is 0 Å². The van der Waals surface area contributed by atoms with Crippen LogP contribution in [0.3, 0.4) is 0 Å². The molecule has 2 aliphatic heterocycles.